The Kier molecular flexibility index (Phi) is 2.08. The normalized spacial score (nSPS) is 9.73. The van der Waals surface area contributed by atoms with Gasteiger partial charge in [-0.3, -0.25) is 4.79 Å². The highest BCUT2D eigenvalue weighted by atomic mass is 16.1. The van der Waals surface area contributed by atoms with Gasteiger partial charge in [-0.25, -0.2) is 0 Å². The Balaban J connectivity index is 3.31. The molecule has 0 amide bonds. The lowest BCUT2D eigenvalue weighted by atomic mass is 10.0. The molecule has 0 spiro atoms. The van der Waals surface area contributed by atoms with E-state index in [4.69, 9.17) is 0 Å². The van der Waals surface area contributed by atoms with Crippen molar-refractivity contribution in [3.05, 3.63) is 34.4 Å². The van der Waals surface area contributed by atoms with Crippen LogP contribution in [0.1, 0.15) is 22.3 Å². The first kappa shape index (κ1) is 7.99. The second kappa shape index (κ2) is 2.87. The summed E-state index contributed by atoms with van der Waals surface area (Å²) in [6, 6.07) is 3.88. The molecule has 0 N–H and O–H groups in total. The van der Waals surface area contributed by atoms with Crippen molar-refractivity contribution in [2.24, 2.45) is 0 Å². The fraction of sp³-hybridized carbons (Fsp3) is 0.300. The van der Waals surface area contributed by atoms with Gasteiger partial charge in [0.2, 0.25) is 6.29 Å². The topological polar surface area (TPSA) is 17.1 Å². The van der Waals surface area contributed by atoms with Gasteiger partial charge in [0.15, 0.2) is 0 Å². The predicted octanol–water partition coefficient (Wildman–Crippen LogP) is 2.07. The molecule has 0 fully saturated rings. The van der Waals surface area contributed by atoms with Crippen LogP contribution in [0.25, 0.3) is 0 Å². The number of carbonyl (C=O) groups excluding carboxylic acids is 1. The van der Waals surface area contributed by atoms with Crippen molar-refractivity contribution < 1.29 is 4.79 Å². The minimum Gasteiger partial charge on any atom is -0.285 e. The van der Waals surface area contributed by atoms with E-state index in [2.05, 4.69) is 0 Å². The van der Waals surface area contributed by atoms with Crippen molar-refractivity contribution in [1.82, 2.24) is 0 Å². The van der Waals surface area contributed by atoms with Gasteiger partial charge in [-0.2, -0.15) is 0 Å². The molecule has 11 heavy (non-hydrogen) atoms. The summed E-state index contributed by atoms with van der Waals surface area (Å²) in [7, 11) is 0. The third kappa shape index (κ3) is 1.48. The molecule has 0 saturated carbocycles. The first-order valence-corrected chi connectivity index (χ1v) is 3.61. The van der Waals surface area contributed by atoms with Crippen LogP contribution in [0.3, 0.4) is 0 Å². The maximum Gasteiger partial charge on any atom is 0.233 e. The van der Waals surface area contributed by atoms with Gasteiger partial charge in [-0.05, 0) is 43.5 Å². The third-order valence-corrected chi connectivity index (χ3v) is 1.95. The van der Waals surface area contributed by atoms with E-state index < -0.39 is 0 Å². The van der Waals surface area contributed by atoms with Crippen molar-refractivity contribution in [1.29, 1.82) is 0 Å². The van der Waals surface area contributed by atoms with Gasteiger partial charge < -0.3 is 0 Å². The zero-order valence-corrected chi connectivity index (χ0v) is 7.06. The van der Waals surface area contributed by atoms with E-state index in [0.717, 1.165) is 11.1 Å². The molecule has 1 heteroatoms. The SMILES string of the molecule is Cc1cc(C)c([C]=O)cc1C. The van der Waals surface area contributed by atoms with Crippen molar-refractivity contribution in [2.75, 3.05) is 0 Å². The average molecular weight is 147 g/mol. The van der Waals surface area contributed by atoms with Crippen LogP contribution in [0.2, 0.25) is 0 Å². The summed E-state index contributed by atoms with van der Waals surface area (Å²) in [4.78, 5) is 10.4. The summed E-state index contributed by atoms with van der Waals surface area (Å²) in [6.45, 7) is 5.96. The maximum absolute atomic E-state index is 10.4. The zero-order chi connectivity index (χ0) is 8.43. The lowest BCUT2D eigenvalue weighted by Gasteiger charge is -2.02. The second-order valence-corrected chi connectivity index (χ2v) is 2.85. The summed E-state index contributed by atoms with van der Waals surface area (Å²) in [5.74, 6) is 0. The Bertz CT molecular complexity index is 287. The fourth-order valence-corrected chi connectivity index (χ4v) is 1.07. The van der Waals surface area contributed by atoms with Crippen LogP contribution in [0, 0.1) is 20.8 Å². The van der Waals surface area contributed by atoms with E-state index in [9.17, 15) is 4.79 Å². The van der Waals surface area contributed by atoms with Gasteiger partial charge in [-0.15, -0.1) is 0 Å². The fourth-order valence-electron chi connectivity index (χ4n) is 1.07. The van der Waals surface area contributed by atoms with E-state index in [1.54, 1.807) is 0 Å². The molecule has 0 bridgehead atoms. The molecule has 1 aromatic rings. The van der Waals surface area contributed by atoms with E-state index >= 15 is 0 Å². The van der Waals surface area contributed by atoms with Gasteiger partial charge in [0.1, 0.15) is 0 Å². The van der Waals surface area contributed by atoms with Crippen LogP contribution < -0.4 is 0 Å². The summed E-state index contributed by atoms with van der Waals surface area (Å²) in [5.41, 5.74) is 4.05. The second-order valence-electron chi connectivity index (χ2n) is 2.85. The summed E-state index contributed by atoms with van der Waals surface area (Å²) < 4.78 is 0. The molecule has 0 atom stereocenters. The number of benzene rings is 1. The Hall–Kier alpha value is -1.11. The molecule has 0 aliphatic rings. The zero-order valence-electron chi connectivity index (χ0n) is 7.06. The Morgan fingerprint density at radius 1 is 1.00 bits per heavy atom. The monoisotopic (exact) mass is 147 g/mol. The molecule has 1 aromatic carbocycles. The summed E-state index contributed by atoms with van der Waals surface area (Å²) in [6.07, 6.45) is 1.91. The number of hydrogen-bond acceptors (Lipinski definition) is 1. The first-order valence-electron chi connectivity index (χ1n) is 3.61. The smallest absolute Gasteiger partial charge is 0.233 e. The van der Waals surface area contributed by atoms with Crippen molar-refractivity contribution in [3.63, 3.8) is 0 Å². The van der Waals surface area contributed by atoms with Crippen molar-refractivity contribution in [2.45, 2.75) is 20.8 Å². The van der Waals surface area contributed by atoms with E-state index in [1.807, 2.05) is 39.2 Å². The highest BCUT2D eigenvalue weighted by Gasteiger charge is 1.99. The minimum atomic E-state index is 0.674. The first-order chi connectivity index (χ1) is 5.15. The maximum atomic E-state index is 10.4. The van der Waals surface area contributed by atoms with Crippen molar-refractivity contribution >= 4 is 6.29 Å². The molecule has 0 aromatic heterocycles. The molecule has 0 aliphatic heterocycles. The van der Waals surface area contributed by atoms with Crippen LogP contribution in [-0.2, 0) is 4.79 Å². The van der Waals surface area contributed by atoms with Crippen molar-refractivity contribution in [3.8, 4) is 0 Å². The molecule has 0 aliphatic carbocycles. The van der Waals surface area contributed by atoms with Crippen LogP contribution in [0.5, 0.6) is 0 Å². The molecule has 57 valence electrons. The molecular formula is C10H11O. The van der Waals surface area contributed by atoms with Crippen LogP contribution in [0.4, 0.5) is 0 Å². The largest absolute Gasteiger partial charge is 0.285 e. The van der Waals surface area contributed by atoms with E-state index in [-0.39, 0.29) is 0 Å². The Morgan fingerprint density at radius 2 is 1.55 bits per heavy atom. The molecular weight excluding hydrogens is 136 g/mol. The van der Waals surface area contributed by atoms with Gasteiger partial charge in [-0.1, -0.05) is 6.07 Å². The van der Waals surface area contributed by atoms with Gasteiger partial charge in [0, 0.05) is 5.56 Å². The van der Waals surface area contributed by atoms with Crippen LogP contribution in [-0.4, -0.2) is 6.29 Å². The van der Waals surface area contributed by atoms with E-state index in [1.165, 1.54) is 5.56 Å². The minimum absolute atomic E-state index is 0.674. The lowest BCUT2D eigenvalue weighted by molar-refractivity contribution is 0.562. The molecule has 0 unspecified atom stereocenters. The third-order valence-electron chi connectivity index (χ3n) is 1.95. The Labute approximate surface area is 67.1 Å². The van der Waals surface area contributed by atoms with Crippen LogP contribution >= 0.6 is 0 Å². The van der Waals surface area contributed by atoms with Gasteiger partial charge >= 0.3 is 0 Å². The van der Waals surface area contributed by atoms with Gasteiger partial charge in [0.05, 0.1) is 0 Å². The molecule has 0 saturated heterocycles. The number of aryl methyl sites for hydroxylation is 3. The molecule has 1 radical (unpaired) electrons. The molecule has 0 heterocycles. The van der Waals surface area contributed by atoms with E-state index in [0.29, 0.717) is 5.56 Å². The predicted molar refractivity (Wildman–Crippen MR) is 45.4 cm³/mol. The summed E-state index contributed by atoms with van der Waals surface area (Å²) in [5, 5.41) is 0. The standard InChI is InChI=1S/C10H11O/c1-7-4-9(3)10(6-11)5-8(7)2/h4-5H,1-3H3. The highest BCUT2D eigenvalue weighted by molar-refractivity contribution is 5.78. The number of hydrogen-bond donors (Lipinski definition) is 0. The lowest BCUT2D eigenvalue weighted by Crippen LogP contribution is -1.90. The number of rotatable bonds is 1. The molecule has 1 rings (SSSR count). The average Bonchev–Trinajstić information content (AvgIpc) is 1.97. The quantitative estimate of drug-likeness (QED) is 0.594. The van der Waals surface area contributed by atoms with Crippen LogP contribution in [0.15, 0.2) is 12.1 Å². The van der Waals surface area contributed by atoms with Gasteiger partial charge in [0.25, 0.3) is 0 Å². The highest BCUT2D eigenvalue weighted by Crippen LogP contribution is 2.12. The Morgan fingerprint density at radius 3 is 2.09 bits per heavy atom. The summed E-state index contributed by atoms with van der Waals surface area (Å²) >= 11 is 0. The molecule has 1 nitrogen and oxygen atoms in total.